The summed E-state index contributed by atoms with van der Waals surface area (Å²) < 4.78 is 11.8. The van der Waals surface area contributed by atoms with Crippen LogP contribution in [0.3, 0.4) is 0 Å². The average Bonchev–Trinajstić information content (AvgIpc) is 2.63. The summed E-state index contributed by atoms with van der Waals surface area (Å²) in [5.41, 5.74) is 4.86. The van der Waals surface area contributed by atoms with E-state index in [1.807, 2.05) is 19.1 Å². The number of amides is 1. The molecule has 2 aromatic carbocycles. The van der Waals surface area contributed by atoms with Gasteiger partial charge in [-0.1, -0.05) is 29.8 Å². The molecule has 1 amide bonds. The standard InChI is InChI=1S/C20H23BrN2O4/c1-12(2)16-9-17(21)13(3)7-19(16)27-11-20(25)23-22-10-14-8-15(26-4)5-6-18(14)24/h5-10,12,24H,11H2,1-4H3,(H,23,25)/b22-10-. The molecule has 27 heavy (non-hydrogen) atoms. The molecule has 0 unspecified atom stereocenters. The molecule has 0 atom stereocenters. The van der Waals surface area contributed by atoms with Gasteiger partial charge in [-0.05, 0) is 54.3 Å². The first-order chi connectivity index (χ1) is 12.8. The smallest absolute Gasteiger partial charge is 0.277 e. The maximum atomic E-state index is 12.0. The molecule has 144 valence electrons. The molecule has 6 nitrogen and oxygen atoms in total. The van der Waals surface area contributed by atoms with Gasteiger partial charge >= 0.3 is 0 Å². The third-order valence-electron chi connectivity index (χ3n) is 3.90. The van der Waals surface area contributed by atoms with Crippen molar-refractivity contribution in [1.82, 2.24) is 5.43 Å². The highest BCUT2D eigenvalue weighted by Gasteiger charge is 2.12. The Hall–Kier alpha value is -2.54. The van der Waals surface area contributed by atoms with Crippen molar-refractivity contribution < 1.29 is 19.4 Å². The Balaban J connectivity index is 1.98. The van der Waals surface area contributed by atoms with Crippen molar-refractivity contribution in [2.45, 2.75) is 26.7 Å². The molecule has 0 spiro atoms. The molecular formula is C20H23BrN2O4. The lowest BCUT2D eigenvalue weighted by Gasteiger charge is -2.15. The Morgan fingerprint density at radius 3 is 2.74 bits per heavy atom. The third kappa shape index (κ3) is 5.72. The van der Waals surface area contributed by atoms with Crippen LogP contribution in [-0.2, 0) is 4.79 Å². The van der Waals surface area contributed by atoms with Crippen molar-refractivity contribution >= 4 is 28.1 Å². The minimum Gasteiger partial charge on any atom is -0.507 e. The predicted octanol–water partition coefficient (Wildman–Crippen LogP) is 4.12. The minimum absolute atomic E-state index is 0.0389. The second-order valence-electron chi connectivity index (χ2n) is 6.30. The largest absolute Gasteiger partial charge is 0.507 e. The Morgan fingerprint density at radius 1 is 1.33 bits per heavy atom. The summed E-state index contributed by atoms with van der Waals surface area (Å²) in [6.45, 7) is 5.93. The number of rotatable bonds is 7. The van der Waals surface area contributed by atoms with Crippen molar-refractivity contribution in [3.8, 4) is 17.2 Å². The quantitative estimate of drug-likeness (QED) is 0.507. The average molecular weight is 435 g/mol. The van der Waals surface area contributed by atoms with Crippen LogP contribution in [0, 0.1) is 6.92 Å². The number of aromatic hydroxyl groups is 1. The summed E-state index contributed by atoms with van der Waals surface area (Å²) in [4.78, 5) is 12.0. The molecule has 0 aliphatic rings. The van der Waals surface area contributed by atoms with Crippen LogP contribution in [0.5, 0.6) is 17.2 Å². The number of nitrogens with one attached hydrogen (secondary N) is 1. The number of ether oxygens (including phenoxy) is 2. The van der Waals surface area contributed by atoms with E-state index < -0.39 is 5.91 Å². The molecule has 0 aromatic heterocycles. The highest BCUT2D eigenvalue weighted by atomic mass is 79.9. The highest BCUT2D eigenvalue weighted by molar-refractivity contribution is 9.10. The maximum absolute atomic E-state index is 12.0. The van der Waals surface area contributed by atoms with Crippen molar-refractivity contribution in [3.63, 3.8) is 0 Å². The van der Waals surface area contributed by atoms with Gasteiger partial charge in [-0.15, -0.1) is 0 Å². The fourth-order valence-corrected chi connectivity index (χ4v) is 2.72. The van der Waals surface area contributed by atoms with E-state index in [0.717, 1.165) is 15.6 Å². The van der Waals surface area contributed by atoms with Gasteiger partial charge in [0.2, 0.25) is 0 Å². The molecule has 7 heteroatoms. The summed E-state index contributed by atoms with van der Waals surface area (Å²) >= 11 is 3.52. The number of methoxy groups -OCH3 is 1. The van der Waals surface area contributed by atoms with E-state index >= 15 is 0 Å². The monoisotopic (exact) mass is 434 g/mol. The lowest BCUT2D eigenvalue weighted by atomic mass is 10.0. The van der Waals surface area contributed by atoms with Crippen LogP contribution < -0.4 is 14.9 Å². The molecule has 0 fully saturated rings. The summed E-state index contributed by atoms with van der Waals surface area (Å²) in [6.07, 6.45) is 1.35. The molecule has 2 aromatic rings. The van der Waals surface area contributed by atoms with Gasteiger partial charge in [0.25, 0.3) is 5.91 Å². The fourth-order valence-electron chi connectivity index (χ4n) is 2.36. The number of carbonyl (C=O) groups excluding carboxylic acids is 1. The first-order valence-corrected chi connectivity index (χ1v) is 9.23. The number of halogens is 1. The zero-order valence-corrected chi connectivity index (χ0v) is 17.3. The third-order valence-corrected chi connectivity index (χ3v) is 4.75. The van der Waals surface area contributed by atoms with E-state index in [1.165, 1.54) is 19.4 Å². The normalized spacial score (nSPS) is 11.0. The van der Waals surface area contributed by atoms with Gasteiger partial charge in [-0.25, -0.2) is 5.43 Å². The number of nitrogens with zero attached hydrogens (tertiary/aromatic N) is 1. The van der Waals surface area contributed by atoms with Crippen LogP contribution in [-0.4, -0.2) is 30.9 Å². The van der Waals surface area contributed by atoms with Crippen LogP contribution in [0.2, 0.25) is 0 Å². The van der Waals surface area contributed by atoms with Gasteiger partial charge in [0.1, 0.15) is 17.2 Å². The molecule has 0 radical (unpaired) electrons. The van der Waals surface area contributed by atoms with Crippen LogP contribution in [0.4, 0.5) is 0 Å². The van der Waals surface area contributed by atoms with Crippen LogP contribution in [0.1, 0.15) is 36.5 Å². The van der Waals surface area contributed by atoms with E-state index in [-0.39, 0.29) is 18.3 Å². The molecule has 0 aliphatic carbocycles. The summed E-state index contributed by atoms with van der Waals surface area (Å²) in [7, 11) is 1.53. The Labute approximate surface area is 167 Å². The molecule has 0 heterocycles. The number of aryl methyl sites for hydroxylation is 1. The Morgan fingerprint density at radius 2 is 2.07 bits per heavy atom. The minimum atomic E-state index is -0.399. The van der Waals surface area contributed by atoms with Gasteiger partial charge in [0.15, 0.2) is 6.61 Å². The van der Waals surface area contributed by atoms with E-state index in [1.54, 1.807) is 12.1 Å². The van der Waals surface area contributed by atoms with E-state index in [0.29, 0.717) is 17.1 Å². The van der Waals surface area contributed by atoms with Crippen LogP contribution in [0.15, 0.2) is 39.9 Å². The van der Waals surface area contributed by atoms with Crippen molar-refractivity contribution in [2.75, 3.05) is 13.7 Å². The summed E-state index contributed by atoms with van der Waals surface area (Å²) in [6, 6.07) is 8.66. The first-order valence-electron chi connectivity index (χ1n) is 8.43. The van der Waals surface area contributed by atoms with Crippen molar-refractivity contribution in [2.24, 2.45) is 5.10 Å². The number of phenolic OH excluding ortho intramolecular Hbond substituents is 1. The Kier molecular flexibility index (Phi) is 7.24. The zero-order chi connectivity index (χ0) is 20.0. The number of hydrogen-bond acceptors (Lipinski definition) is 5. The van der Waals surface area contributed by atoms with Crippen LogP contribution >= 0.6 is 15.9 Å². The molecular weight excluding hydrogens is 412 g/mol. The van der Waals surface area contributed by atoms with Gasteiger partial charge in [-0.2, -0.15) is 5.10 Å². The lowest BCUT2D eigenvalue weighted by molar-refractivity contribution is -0.123. The first kappa shape index (κ1) is 20.8. The summed E-state index contributed by atoms with van der Waals surface area (Å²) in [5, 5.41) is 13.6. The number of hydrazone groups is 1. The highest BCUT2D eigenvalue weighted by Crippen LogP contribution is 2.32. The van der Waals surface area contributed by atoms with Crippen molar-refractivity contribution in [3.05, 3.63) is 51.5 Å². The molecule has 0 saturated heterocycles. The second-order valence-corrected chi connectivity index (χ2v) is 7.15. The lowest BCUT2D eigenvalue weighted by Crippen LogP contribution is -2.25. The van der Waals surface area contributed by atoms with Crippen LogP contribution in [0.25, 0.3) is 0 Å². The molecule has 0 saturated carbocycles. The fraction of sp³-hybridized carbons (Fsp3) is 0.300. The van der Waals surface area contributed by atoms with E-state index in [2.05, 4.69) is 40.3 Å². The molecule has 2 rings (SSSR count). The van der Waals surface area contributed by atoms with Gasteiger partial charge in [0, 0.05) is 10.0 Å². The van der Waals surface area contributed by atoms with E-state index in [4.69, 9.17) is 9.47 Å². The van der Waals surface area contributed by atoms with Crippen molar-refractivity contribution in [1.29, 1.82) is 0 Å². The SMILES string of the molecule is COc1ccc(O)c(/C=N\NC(=O)COc2cc(C)c(Br)cc2C(C)C)c1. The predicted molar refractivity (Wildman–Crippen MR) is 109 cm³/mol. The number of benzene rings is 2. The molecule has 2 N–H and O–H groups in total. The van der Waals surface area contributed by atoms with Gasteiger partial charge in [-0.3, -0.25) is 4.79 Å². The molecule has 0 bridgehead atoms. The number of hydrogen-bond donors (Lipinski definition) is 2. The number of phenols is 1. The van der Waals surface area contributed by atoms with Gasteiger partial charge in [0.05, 0.1) is 13.3 Å². The number of carbonyl (C=O) groups is 1. The second kappa shape index (κ2) is 9.41. The zero-order valence-electron chi connectivity index (χ0n) is 15.7. The topological polar surface area (TPSA) is 80.2 Å². The maximum Gasteiger partial charge on any atom is 0.277 e. The molecule has 0 aliphatic heterocycles. The van der Waals surface area contributed by atoms with E-state index in [9.17, 15) is 9.90 Å². The van der Waals surface area contributed by atoms with Gasteiger partial charge < -0.3 is 14.6 Å². The Bertz CT molecular complexity index is 850. The summed E-state index contributed by atoms with van der Waals surface area (Å²) in [5.74, 6) is 1.15.